The van der Waals surface area contributed by atoms with Gasteiger partial charge in [0.2, 0.25) is 5.91 Å². The van der Waals surface area contributed by atoms with Gasteiger partial charge in [0, 0.05) is 18.4 Å². The number of hydrogen-bond acceptors (Lipinski definition) is 3. The van der Waals surface area contributed by atoms with E-state index in [-0.39, 0.29) is 30.4 Å². The summed E-state index contributed by atoms with van der Waals surface area (Å²) in [6, 6.07) is 4.96. The molecular weight excluding hydrogens is 294 g/mol. The third-order valence-corrected chi connectivity index (χ3v) is 4.68. The summed E-state index contributed by atoms with van der Waals surface area (Å²) in [5.41, 5.74) is 3.20. The van der Waals surface area contributed by atoms with E-state index in [1.54, 1.807) is 0 Å². The Morgan fingerprint density at radius 1 is 1.13 bits per heavy atom. The number of carboxylic acids is 1. The average Bonchev–Trinajstić information content (AvgIpc) is 3.26. The Bertz CT molecular complexity index is 648. The highest BCUT2D eigenvalue weighted by Crippen LogP contribution is 2.32. The Hall–Kier alpha value is -2.17. The number of carboxylic acid groups (broad SMARTS) is 1. The van der Waals surface area contributed by atoms with Gasteiger partial charge in [-0.15, -0.1) is 0 Å². The van der Waals surface area contributed by atoms with E-state index in [0.717, 1.165) is 32.1 Å². The molecule has 5 heteroatoms. The topological polar surface area (TPSA) is 83.5 Å². The van der Waals surface area contributed by atoms with Crippen molar-refractivity contribution < 1.29 is 19.5 Å². The van der Waals surface area contributed by atoms with Crippen LogP contribution >= 0.6 is 0 Å². The summed E-state index contributed by atoms with van der Waals surface area (Å²) in [7, 11) is 0. The molecule has 1 amide bonds. The van der Waals surface area contributed by atoms with E-state index in [1.165, 1.54) is 11.1 Å². The number of carbonyl (C=O) groups is 3. The number of aliphatic carboxylic acids is 1. The number of benzene rings is 1. The van der Waals surface area contributed by atoms with E-state index in [0.29, 0.717) is 5.56 Å². The fourth-order valence-electron chi connectivity index (χ4n) is 3.17. The molecule has 2 aliphatic carbocycles. The van der Waals surface area contributed by atoms with Gasteiger partial charge in [-0.1, -0.05) is 12.1 Å². The van der Waals surface area contributed by atoms with Crippen LogP contribution in [0.2, 0.25) is 0 Å². The molecule has 5 nitrogen and oxygen atoms in total. The second kappa shape index (κ2) is 6.52. The fraction of sp³-hybridized carbons (Fsp3) is 0.500. The van der Waals surface area contributed by atoms with Gasteiger partial charge in [0.25, 0.3) is 0 Å². The summed E-state index contributed by atoms with van der Waals surface area (Å²) in [5, 5.41) is 11.6. The van der Waals surface area contributed by atoms with Gasteiger partial charge in [-0.3, -0.25) is 9.59 Å². The molecule has 1 aromatic rings. The van der Waals surface area contributed by atoms with E-state index in [9.17, 15) is 14.4 Å². The normalized spacial score (nSPS) is 17.4. The Morgan fingerprint density at radius 2 is 1.87 bits per heavy atom. The summed E-state index contributed by atoms with van der Waals surface area (Å²) in [5.74, 6) is -1.37. The zero-order valence-electron chi connectivity index (χ0n) is 13.0. The number of rotatable bonds is 7. The lowest BCUT2D eigenvalue weighted by molar-refractivity contribution is -0.142. The van der Waals surface area contributed by atoms with Crippen molar-refractivity contribution in [3.05, 3.63) is 34.9 Å². The molecule has 2 N–H and O–H groups in total. The molecule has 0 aliphatic heterocycles. The lowest BCUT2D eigenvalue weighted by Gasteiger charge is -2.13. The molecule has 0 spiro atoms. The molecule has 0 radical (unpaired) electrons. The van der Waals surface area contributed by atoms with Crippen molar-refractivity contribution in [2.45, 2.75) is 51.0 Å². The average molecular weight is 315 g/mol. The summed E-state index contributed by atoms with van der Waals surface area (Å²) in [4.78, 5) is 35.2. The van der Waals surface area contributed by atoms with Crippen LogP contribution in [-0.4, -0.2) is 28.8 Å². The molecule has 1 fully saturated rings. The predicted octanol–water partition coefficient (Wildman–Crippen LogP) is 2.12. The molecular formula is C18H21NO4. The molecule has 0 saturated heterocycles. The van der Waals surface area contributed by atoms with Crippen LogP contribution in [0.25, 0.3) is 0 Å². The van der Waals surface area contributed by atoms with Gasteiger partial charge in [0.05, 0.1) is 0 Å². The molecule has 1 saturated carbocycles. The number of ketones is 1. The zero-order valence-corrected chi connectivity index (χ0v) is 13.0. The van der Waals surface area contributed by atoms with Crippen molar-refractivity contribution in [3.8, 4) is 0 Å². The summed E-state index contributed by atoms with van der Waals surface area (Å²) in [6.07, 6.45) is 5.04. The largest absolute Gasteiger partial charge is 0.480 e. The highest BCUT2D eigenvalue weighted by Gasteiger charge is 2.37. The summed E-state index contributed by atoms with van der Waals surface area (Å²) < 4.78 is 0. The van der Waals surface area contributed by atoms with Crippen LogP contribution in [0.3, 0.4) is 0 Å². The van der Waals surface area contributed by atoms with Crippen molar-refractivity contribution in [2.75, 3.05) is 0 Å². The van der Waals surface area contributed by atoms with Crippen LogP contribution in [0.4, 0.5) is 0 Å². The minimum Gasteiger partial charge on any atom is -0.480 e. The fourth-order valence-corrected chi connectivity index (χ4v) is 3.17. The number of Topliss-reactive ketones (excluding diaryl/α,β-unsaturated/α-hetero) is 1. The first kappa shape index (κ1) is 15.7. The Labute approximate surface area is 135 Å². The SMILES string of the molecule is O=C(CCC(=O)c1ccc2c(c1)CCC2)NC(C(=O)O)C1CC1. The van der Waals surface area contributed by atoms with Crippen molar-refractivity contribution in [2.24, 2.45) is 5.92 Å². The van der Waals surface area contributed by atoms with E-state index in [1.807, 2.05) is 18.2 Å². The minimum atomic E-state index is -0.995. The van der Waals surface area contributed by atoms with E-state index < -0.39 is 12.0 Å². The van der Waals surface area contributed by atoms with Crippen molar-refractivity contribution in [1.29, 1.82) is 0 Å². The number of hydrogen-bond donors (Lipinski definition) is 2. The lowest BCUT2D eigenvalue weighted by Crippen LogP contribution is -2.42. The molecule has 0 aromatic heterocycles. The van der Waals surface area contributed by atoms with Crippen molar-refractivity contribution in [1.82, 2.24) is 5.32 Å². The Morgan fingerprint density at radius 3 is 2.57 bits per heavy atom. The third kappa shape index (κ3) is 3.78. The maximum Gasteiger partial charge on any atom is 0.326 e. The molecule has 0 bridgehead atoms. The molecule has 1 atom stereocenters. The van der Waals surface area contributed by atoms with Crippen molar-refractivity contribution in [3.63, 3.8) is 0 Å². The second-order valence-electron chi connectivity index (χ2n) is 6.48. The summed E-state index contributed by atoms with van der Waals surface area (Å²) >= 11 is 0. The predicted molar refractivity (Wildman–Crippen MR) is 84.3 cm³/mol. The molecule has 1 unspecified atom stereocenters. The van der Waals surface area contributed by atoms with Gasteiger partial charge in [-0.2, -0.15) is 0 Å². The first-order valence-corrected chi connectivity index (χ1v) is 8.22. The number of carbonyl (C=O) groups excluding carboxylic acids is 2. The van der Waals surface area contributed by atoms with Crippen LogP contribution < -0.4 is 5.32 Å². The molecule has 2 aliphatic rings. The molecule has 1 aromatic carbocycles. The number of nitrogens with one attached hydrogen (secondary N) is 1. The van der Waals surface area contributed by atoms with Crippen LogP contribution in [0.1, 0.15) is 53.6 Å². The van der Waals surface area contributed by atoms with Gasteiger partial charge < -0.3 is 10.4 Å². The highest BCUT2D eigenvalue weighted by molar-refractivity contribution is 5.98. The minimum absolute atomic E-state index is 0.0341. The molecule has 23 heavy (non-hydrogen) atoms. The standard InChI is InChI=1S/C18H21NO4/c20-15(14-7-4-11-2-1-3-13(11)10-14)8-9-16(21)19-17(18(22)23)12-5-6-12/h4,7,10,12,17H,1-3,5-6,8-9H2,(H,19,21)(H,22,23). The van der Waals surface area contributed by atoms with Crippen LogP contribution in [-0.2, 0) is 22.4 Å². The maximum absolute atomic E-state index is 12.2. The number of amides is 1. The van der Waals surface area contributed by atoms with Crippen LogP contribution in [0.15, 0.2) is 18.2 Å². The van der Waals surface area contributed by atoms with Gasteiger partial charge in [0.15, 0.2) is 5.78 Å². The Kier molecular flexibility index (Phi) is 4.46. The van der Waals surface area contributed by atoms with Crippen LogP contribution in [0, 0.1) is 5.92 Å². The third-order valence-electron chi connectivity index (χ3n) is 4.68. The molecule has 0 heterocycles. The lowest BCUT2D eigenvalue weighted by atomic mass is 10.0. The first-order valence-electron chi connectivity index (χ1n) is 8.22. The van der Waals surface area contributed by atoms with Crippen LogP contribution in [0.5, 0.6) is 0 Å². The second-order valence-corrected chi connectivity index (χ2v) is 6.48. The van der Waals surface area contributed by atoms with Gasteiger partial charge in [-0.25, -0.2) is 4.79 Å². The van der Waals surface area contributed by atoms with Gasteiger partial charge in [-0.05, 0) is 55.2 Å². The number of aryl methyl sites for hydroxylation is 2. The molecule has 122 valence electrons. The van der Waals surface area contributed by atoms with Gasteiger partial charge in [0.1, 0.15) is 6.04 Å². The summed E-state index contributed by atoms with van der Waals surface area (Å²) in [6.45, 7) is 0. The van der Waals surface area contributed by atoms with Crippen molar-refractivity contribution >= 4 is 17.7 Å². The molecule has 3 rings (SSSR count). The van der Waals surface area contributed by atoms with E-state index in [2.05, 4.69) is 5.32 Å². The zero-order chi connectivity index (χ0) is 16.4. The smallest absolute Gasteiger partial charge is 0.326 e. The maximum atomic E-state index is 12.2. The Balaban J connectivity index is 1.52. The number of fused-ring (bicyclic) bond motifs is 1. The highest BCUT2D eigenvalue weighted by atomic mass is 16.4. The quantitative estimate of drug-likeness (QED) is 0.755. The van der Waals surface area contributed by atoms with Gasteiger partial charge >= 0.3 is 5.97 Å². The van der Waals surface area contributed by atoms with E-state index >= 15 is 0 Å². The monoisotopic (exact) mass is 315 g/mol. The first-order chi connectivity index (χ1) is 11.0. The van der Waals surface area contributed by atoms with E-state index in [4.69, 9.17) is 5.11 Å².